The highest BCUT2D eigenvalue weighted by molar-refractivity contribution is 8.00. The average molecular weight is 411 g/mol. The third-order valence-corrected chi connectivity index (χ3v) is 4.73. The van der Waals surface area contributed by atoms with E-state index in [-0.39, 0.29) is 23.3 Å². The smallest absolute Gasteiger partial charge is 0.416 e. The van der Waals surface area contributed by atoms with Crippen LogP contribution in [0.2, 0.25) is 0 Å². The average Bonchev–Trinajstić information content (AvgIpc) is 3.30. The molecular formula is C18H16F3N3O3S. The summed E-state index contributed by atoms with van der Waals surface area (Å²) in [6.07, 6.45) is -3.07. The molecule has 0 aliphatic rings. The van der Waals surface area contributed by atoms with Gasteiger partial charge < -0.3 is 9.15 Å². The molecule has 1 aromatic carbocycles. The van der Waals surface area contributed by atoms with Gasteiger partial charge in [-0.2, -0.15) is 13.2 Å². The Morgan fingerprint density at radius 1 is 1.29 bits per heavy atom. The summed E-state index contributed by atoms with van der Waals surface area (Å²) < 4.78 is 51.2. The molecule has 0 saturated carbocycles. The third kappa shape index (κ3) is 4.22. The fourth-order valence-corrected chi connectivity index (χ4v) is 3.30. The van der Waals surface area contributed by atoms with Crippen molar-refractivity contribution in [2.45, 2.75) is 30.4 Å². The third-order valence-electron chi connectivity index (χ3n) is 3.71. The monoisotopic (exact) mass is 411 g/mol. The fourth-order valence-electron chi connectivity index (χ4n) is 2.43. The van der Waals surface area contributed by atoms with Gasteiger partial charge in [-0.05, 0) is 44.2 Å². The van der Waals surface area contributed by atoms with E-state index in [2.05, 4.69) is 10.2 Å². The molecular weight excluding hydrogens is 395 g/mol. The molecule has 6 nitrogen and oxygen atoms in total. The van der Waals surface area contributed by atoms with Crippen molar-refractivity contribution in [1.29, 1.82) is 0 Å². The number of halogens is 3. The Balaban J connectivity index is 2.07. The molecule has 0 saturated heterocycles. The lowest BCUT2D eigenvalue weighted by atomic mass is 10.2. The SMILES string of the molecule is CCOC(=O)[C@@H](C)Sc1nnc(-c2ccco2)n1-c1cccc(C(F)(F)F)c1. The normalized spacial score (nSPS) is 12.8. The van der Waals surface area contributed by atoms with E-state index in [1.807, 2.05) is 0 Å². The van der Waals surface area contributed by atoms with Crippen LogP contribution in [0, 0.1) is 0 Å². The van der Waals surface area contributed by atoms with Crippen LogP contribution in [0.15, 0.2) is 52.2 Å². The van der Waals surface area contributed by atoms with Gasteiger partial charge in [0.1, 0.15) is 5.25 Å². The van der Waals surface area contributed by atoms with E-state index in [0.717, 1.165) is 23.9 Å². The van der Waals surface area contributed by atoms with Crippen LogP contribution in [0.1, 0.15) is 19.4 Å². The predicted octanol–water partition coefficient (Wildman–Crippen LogP) is 4.59. The Hall–Kier alpha value is -2.75. The molecule has 0 unspecified atom stereocenters. The highest BCUT2D eigenvalue weighted by Crippen LogP contribution is 2.34. The number of rotatable bonds is 6. The summed E-state index contributed by atoms with van der Waals surface area (Å²) in [6, 6.07) is 8.03. The van der Waals surface area contributed by atoms with Crippen molar-refractivity contribution < 1.29 is 27.1 Å². The number of ether oxygens (including phenoxy) is 1. The number of esters is 1. The van der Waals surface area contributed by atoms with Gasteiger partial charge in [-0.25, -0.2) is 0 Å². The second-order valence-electron chi connectivity index (χ2n) is 5.68. The maximum absolute atomic E-state index is 13.2. The molecule has 0 fully saturated rings. The predicted molar refractivity (Wildman–Crippen MR) is 96.0 cm³/mol. The lowest BCUT2D eigenvalue weighted by Crippen LogP contribution is -2.17. The Bertz CT molecular complexity index is 955. The van der Waals surface area contributed by atoms with Crippen molar-refractivity contribution in [3.05, 3.63) is 48.2 Å². The molecule has 148 valence electrons. The van der Waals surface area contributed by atoms with Crippen LogP contribution in [0.4, 0.5) is 13.2 Å². The molecule has 2 heterocycles. The summed E-state index contributed by atoms with van der Waals surface area (Å²) in [7, 11) is 0. The Kier molecular flexibility index (Phi) is 5.78. The highest BCUT2D eigenvalue weighted by Gasteiger charge is 2.31. The van der Waals surface area contributed by atoms with Gasteiger partial charge in [0.2, 0.25) is 5.82 Å². The van der Waals surface area contributed by atoms with E-state index in [4.69, 9.17) is 9.15 Å². The van der Waals surface area contributed by atoms with E-state index < -0.39 is 23.0 Å². The maximum Gasteiger partial charge on any atom is 0.416 e. The van der Waals surface area contributed by atoms with E-state index in [0.29, 0.717) is 5.76 Å². The topological polar surface area (TPSA) is 70.2 Å². The molecule has 0 aliphatic heterocycles. The standard InChI is InChI=1S/C18H16F3N3O3S/c1-3-26-16(25)11(2)28-17-23-22-15(14-8-5-9-27-14)24(17)13-7-4-6-12(10-13)18(19,20)21/h4-11H,3H2,1-2H3/t11-/m1/s1. The Morgan fingerprint density at radius 3 is 2.71 bits per heavy atom. The van der Waals surface area contributed by atoms with Crippen molar-refractivity contribution in [2.75, 3.05) is 6.61 Å². The molecule has 3 rings (SSSR count). The van der Waals surface area contributed by atoms with Crippen LogP contribution in [0.3, 0.4) is 0 Å². The van der Waals surface area contributed by atoms with Crippen molar-refractivity contribution in [3.63, 3.8) is 0 Å². The number of carbonyl (C=O) groups is 1. The molecule has 0 radical (unpaired) electrons. The van der Waals surface area contributed by atoms with Gasteiger partial charge >= 0.3 is 12.1 Å². The second-order valence-corrected chi connectivity index (χ2v) is 6.99. The summed E-state index contributed by atoms with van der Waals surface area (Å²) in [4.78, 5) is 11.9. The van der Waals surface area contributed by atoms with Crippen LogP contribution in [-0.2, 0) is 15.7 Å². The minimum absolute atomic E-state index is 0.199. The number of hydrogen-bond donors (Lipinski definition) is 0. The molecule has 0 spiro atoms. The van der Waals surface area contributed by atoms with Crippen molar-refractivity contribution in [2.24, 2.45) is 0 Å². The van der Waals surface area contributed by atoms with E-state index in [1.165, 1.54) is 23.0 Å². The summed E-state index contributed by atoms with van der Waals surface area (Å²) in [5.41, 5.74) is -0.608. The Labute approximate surface area is 162 Å². The number of benzene rings is 1. The highest BCUT2D eigenvalue weighted by atomic mass is 32.2. The van der Waals surface area contributed by atoms with Crippen molar-refractivity contribution in [3.8, 4) is 17.3 Å². The largest absolute Gasteiger partial charge is 0.465 e. The number of nitrogens with zero attached hydrogens (tertiary/aromatic N) is 3. The van der Waals surface area contributed by atoms with Crippen molar-refractivity contribution in [1.82, 2.24) is 14.8 Å². The van der Waals surface area contributed by atoms with Crippen LogP contribution >= 0.6 is 11.8 Å². The zero-order valence-corrected chi connectivity index (χ0v) is 15.8. The van der Waals surface area contributed by atoms with Crippen LogP contribution in [-0.4, -0.2) is 32.6 Å². The van der Waals surface area contributed by atoms with Crippen molar-refractivity contribution >= 4 is 17.7 Å². The lowest BCUT2D eigenvalue weighted by molar-refractivity contribution is -0.142. The zero-order valence-electron chi connectivity index (χ0n) is 14.9. The van der Waals surface area contributed by atoms with Gasteiger partial charge in [0, 0.05) is 0 Å². The molecule has 3 aromatic rings. The second kappa shape index (κ2) is 8.09. The molecule has 0 bridgehead atoms. The number of hydrogen-bond acceptors (Lipinski definition) is 6. The molecule has 28 heavy (non-hydrogen) atoms. The van der Waals surface area contributed by atoms with Gasteiger partial charge in [-0.15, -0.1) is 10.2 Å². The van der Waals surface area contributed by atoms with E-state index in [1.54, 1.807) is 26.0 Å². The fraction of sp³-hybridized carbons (Fsp3) is 0.278. The number of alkyl halides is 3. The van der Waals surface area contributed by atoms with Crippen LogP contribution in [0.25, 0.3) is 17.3 Å². The zero-order chi connectivity index (χ0) is 20.3. The summed E-state index contributed by atoms with van der Waals surface area (Å²) in [6.45, 7) is 3.54. The minimum Gasteiger partial charge on any atom is -0.465 e. The number of aromatic nitrogens is 3. The van der Waals surface area contributed by atoms with Crippen LogP contribution in [0.5, 0.6) is 0 Å². The van der Waals surface area contributed by atoms with Gasteiger partial charge in [0.25, 0.3) is 0 Å². The van der Waals surface area contributed by atoms with E-state index >= 15 is 0 Å². The summed E-state index contributed by atoms with van der Waals surface area (Å²) in [5, 5.41) is 7.72. The van der Waals surface area contributed by atoms with Gasteiger partial charge in [0.15, 0.2) is 10.9 Å². The number of thioether (sulfide) groups is 1. The van der Waals surface area contributed by atoms with Crippen LogP contribution < -0.4 is 0 Å². The first-order valence-electron chi connectivity index (χ1n) is 8.31. The van der Waals surface area contributed by atoms with E-state index in [9.17, 15) is 18.0 Å². The van der Waals surface area contributed by atoms with Gasteiger partial charge in [-0.1, -0.05) is 17.8 Å². The quantitative estimate of drug-likeness (QED) is 0.437. The maximum atomic E-state index is 13.2. The lowest BCUT2D eigenvalue weighted by Gasteiger charge is -2.14. The van der Waals surface area contributed by atoms with Gasteiger partial charge in [-0.3, -0.25) is 9.36 Å². The molecule has 0 N–H and O–H groups in total. The first kappa shape index (κ1) is 20.0. The molecule has 0 aliphatic carbocycles. The molecule has 0 amide bonds. The number of carbonyl (C=O) groups excluding carboxylic acids is 1. The minimum atomic E-state index is -4.50. The molecule has 2 aromatic heterocycles. The summed E-state index contributed by atoms with van der Waals surface area (Å²) >= 11 is 1.04. The number of furan rings is 1. The Morgan fingerprint density at radius 2 is 2.07 bits per heavy atom. The first-order valence-corrected chi connectivity index (χ1v) is 9.19. The van der Waals surface area contributed by atoms with Gasteiger partial charge in [0.05, 0.1) is 24.1 Å². The first-order chi connectivity index (χ1) is 13.3. The molecule has 10 heteroatoms. The molecule has 1 atom stereocenters. The summed E-state index contributed by atoms with van der Waals surface area (Å²) in [5.74, 6) is 0.106.